The van der Waals surface area contributed by atoms with Crippen LogP contribution in [0.1, 0.15) is 11.1 Å². The summed E-state index contributed by atoms with van der Waals surface area (Å²) in [7, 11) is 1.63. The highest BCUT2D eigenvalue weighted by Crippen LogP contribution is 2.24. The van der Waals surface area contributed by atoms with Crippen LogP contribution >= 0.6 is 12.2 Å². The molecule has 0 atom stereocenters. The molecule has 0 unspecified atom stereocenters. The third-order valence-corrected chi connectivity index (χ3v) is 3.06. The van der Waals surface area contributed by atoms with E-state index in [1.807, 2.05) is 31.2 Å². The molecular weight excluding hydrogens is 244 g/mol. The van der Waals surface area contributed by atoms with Gasteiger partial charge in [0.1, 0.15) is 16.5 Å². The smallest absolute Gasteiger partial charge is 0.121 e. The van der Waals surface area contributed by atoms with Crippen molar-refractivity contribution < 1.29 is 4.74 Å². The van der Waals surface area contributed by atoms with Gasteiger partial charge in [0, 0.05) is 5.69 Å². The summed E-state index contributed by atoms with van der Waals surface area (Å²) >= 11 is 5.14. The fourth-order valence-electron chi connectivity index (χ4n) is 1.77. The molecule has 0 amide bonds. The Balaban J connectivity index is 2.54. The van der Waals surface area contributed by atoms with Crippen LogP contribution in [0.4, 0.5) is 0 Å². The number of methoxy groups -OCH3 is 1. The van der Waals surface area contributed by atoms with E-state index in [9.17, 15) is 0 Å². The highest BCUT2D eigenvalue weighted by molar-refractivity contribution is 7.71. The van der Waals surface area contributed by atoms with Crippen molar-refractivity contribution in [2.75, 3.05) is 7.11 Å². The molecule has 1 heterocycles. The quantitative estimate of drug-likeness (QED) is 0.835. The van der Waals surface area contributed by atoms with Gasteiger partial charge in [0.15, 0.2) is 0 Å². The molecule has 0 bridgehead atoms. The Morgan fingerprint density at radius 2 is 1.94 bits per heavy atom. The average molecular weight is 256 g/mol. The molecule has 2 rings (SSSR count). The van der Waals surface area contributed by atoms with E-state index in [4.69, 9.17) is 22.2 Å². The zero-order chi connectivity index (χ0) is 13.1. The zero-order valence-electron chi connectivity index (χ0n) is 10.2. The Morgan fingerprint density at radius 3 is 2.50 bits per heavy atom. The van der Waals surface area contributed by atoms with Gasteiger partial charge in [-0.05, 0) is 48.4 Å². The van der Waals surface area contributed by atoms with Gasteiger partial charge in [-0.2, -0.15) is 5.26 Å². The predicted octanol–water partition coefficient (Wildman–Crippen LogP) is 3.60. The van der Waals surface area contributed by atoms with Gasteiger partial charge in [-0.15, -0.1) is 0 Å². The molecular formula is C14H12N2OS. The first kappa shape index (κ1) is 12.3. The fourth-order valence-corrected chi connectivity index (χ4v) is 1.98. The first-order chi connectivity index (χ1) is 8.65. The molecule has 0 fully saturated rings. The van der Waals surface area contributed by atoms with Crippen LogP contribution in [0.15, 0.2) is 30.3 Å². The van der Waals surface area contributed by atoms with Crippen LogP contribution in [-0.2, 0) is 0 Å². The molecule has 1 aromatic heterocycles. The first-order valence-corrected chi connectivity index (χ1v) is 5.85. The minimum absolute atomic E-state index is 0.467. The summed E-state index contributed by atoms with van der Waals surface area (Å²) in [5, 5.41) is 8.92. The largest absolute Gasteiger partial charge is 0.497 e. The summed E-state index contributed by atoms with van der Waals surface area (Å²) in [4.78, 5) is 3.10. The predicted molar refractivity (Wildman–Crippen MR) is 73.1 cm³/mol. The van der Waals surface area contributed by atoms with E-state index in [1.165, 1.54) is 0 Å². The minimum atomic E-state index is 0.467. The number of hydrogen-bond acceptors (Lipinski definition) is 3. The van der Waals surface area contributed by atoms with Gasteiger partial charge in [-0.1, -0.05) is 12.2 Å². The molecule has 0 aliphatic heterocycles. The molecule has 0 saturated heterocycles. The Labute approximate surface area is 111 Å². The second kappa shape index (κ2) is 5.03. The number of aromatic amines is 1. The van der Waals surface area contributed by atoms with E-state index >= 15 is 0 Å². The summed E-state index contributed by atoms with van der Waals surface area (Å²) in [5.74, 6) is 0.809. The Bertz CT molecular complexity index is 666. The maximum Gasteiger partial charge on any atom is 0.121 e. The van der Waals surface area contributed by atoms with Crippen molar-refractivity contribution in [3.8, 4) is 23.1 Å². The molecule has 0 spiro atoms. The van der Waals surface area contributed by atoms with Crippen molar-refractivity contribution in [3.05, 3.63) is 46.1 Å². The standard InChI is InChI=1S/C14H12N2OS/c1-9-7-11(8-15)14(18)16-13(9)10-3-5-12(17-2)6-4-10/h3-7H,1-2H3,(H,16,18). The molecule has 18 heavy (non-hydrogen) atoms. The van der Waals surface area contributed by atoms with Gasteiger partial charge in [0.25, 0.3) is 0 Å². The summed E-state index contributed by atoms with van der Waals surface area (Å²) in [6.45, 7) is 1.95. The van der Waals surface area contributed by atoms with Gasteiger partial charge in [0.2, 0.25) is 0 Å². The van der Waals surface area contributed by atoms with Crippen LogP contribution in [0.5, 0.6) is 5.75 Å². The summed E-state index contributed by atoms with van der Waals surface area (Å²) in [5.41, 5.74) is 3.44. The van der Waals surface area contributed by atoms with Crippen LogP contribution in [0.3, 0.4) is 0 Å². The van der Waals surface area contributed by atoms with E-state index < -0.39 is 0 Å². The zero-order valence-corrected chi connectivity index (χ0v) is 11.0. The second-order valence-electron chi connectivity index (χ2n) is 3.91. The van der Waals surface area contributed by atoms with Crippen LogP contribution in [0.25, 0.3) is 11.3 Å². The molecule has 2 aromatic rings. The van der Waals surface area contributed by atoms with Gasteiger partial charge < -0.3 is 9.72 Å². The summed E-state index contributed by atoms with van der Waals surface area (Å²) in [6, 6.07) is 11.6. The lowest BCUT2D eigenvalue weighted by molar-refractivity contribution is 0.415. The lowest BCUT2D eigenvalue weighted by Gasteiger charge is -2.08. The summed E-state index contributed by atoms with van der Waals surface area (Å²) < 4.78 is 5.59. The maximum absolute atomic E-state index is 8.92. The van der Waals surface area contributed by atoms with Crippen LogP contribution in [0, 0.1) is 22.9 Å². The minimum Gasteiger partial charge on any atom is -0.497 e. The number of nitriles is 1. The van der Waals surface area contributed by atoms with Crippen molar-refractivity contribution in [3.63, 3.8) is 0 Å². The molecule has 1 N–H and O–H groups in total. The Kier molecular flexibility index (Phi) is 3.45. The number of nitrogens with one attached hydrogen (secondary N) is 1. The number of aromatic nitrogens is 1. The van der Waals surface area contributed by atoms with Crippen molar-refractivity contribution in [1.29, 1.82) is 5.26 Å². The van der Waals surface area contributed by atoms with E-state index in [-0.39, 0.29) is 0 Å². The number of pyridine rings is 1. The number of H-pyrrole nitrogens is 1. The normalized spacial score (nSPS) is 9.83. The van der Waals surface area contributed by atoms with Gasteiger partial charge in [0.05, 0.1) is 12.7 Å². The third-order valence-electron chi connectivity index (χ3n) is 2.74. The van der Waals surface area contributed by atoms with E-state index in [0.29, 0.717) is 10.2 Å². The average Bonchev–Trinajstić information content (AvgIpc) is 2.41. The molecule has 4 heteroatoms. The highest BCUT2D eigenvalue weighted by Gasteiger charge is 2.05. The Morgan fingerprint density at radius 1 is 1.28 bits per heavy atom. The van der Waals surface area contributed by atoms with Gasteiger partial charge in [-0.25, -0.2) is 0 Å². The van der Waals surface area contributed by atoms with Crippen LogP contribution < -0.4 is 4.74 Å². The van der Waals surface area contributed by atoms with Crippen molar-refractivity contribution in [2.45, 2.75) is 6.92 Å². The molecule has 1 aromatic carbocycles. The molecule has 90 valence electrons. The van der Waals surface area contributed by atoms with E-state index in [0.717, 1.165) is 22.6 Å². The maximum atomic E-state index is 8.92. The lowest BCUT2D eigenvalue weighted by Crippen LogP contribution is -1.92. The van der Waals surface area contributed by atoms with E-state index in [1.54, 1.807) is 13.2 Å². The fraction of sp³-hybridized carbons (Fsp3) is 0.143. The molecule has 0 aliphatic rings. The highest BCUT2D eigenvalue weighted by atomic mass is 32.1. The lowest BCUT2D eigenvalue weighted by atomic mass is 10.1. The molecule has 0 saturated carbocycles. The van der Waals surface area contributed by atoms with Crippen molar-refractivity contribution >= 4 is 12.2 Å². The number of aryl methyl sites for hydroxylation is 1. The second-order valence-corrected chi connectivity index (χ2v) is 4.32. The SMILES string of the molecule is COc1ccc(-c2[nH]c(=S)c(C#N)cc2C)cc1. The molecule has 0 aliphatic carbocycles. The number of rotatable bonds is 2. The number of ether oxygens (including phenoxy) is 1. The van der Waals surface area contributed by atoms with Gasteiger partial charge in [-0.3, -0.25) is 0 Å². The van der Waals surface area contributed by atoms with Crippen molar-refractivity contribution in [2.24, 2.45) is 0 Å². The monoisotopic (exact) mass is 256 g/mol. The first-order valence-electron chi connectivity index (χ1n) is 5.44. The number of benzene rings is 1. The Hall–Kier alpha value is -2.12. The van der Waals surface area contributed by atoms with Gasteiger partial charge >= 0.3 is 0 Å². The third kappa shape index (κ3) is 2.27. The summed E-state index contributed by atoms with van der Waals surface area (Å²) in [6.07, 6.45) is 0. The molecule has 0 radical (unpaired) electrons. The van der Waals surface area contributed by atoms with Crippen LogP contribution in [0.2, 0.25) is 0 Å². The topological polar surface area (TPSA) is 48.8 Å². The van der Waals surface area contributed by atoms with E-state index in [2.05, 4.69) is 11.1 Å². The number of hydrogen-bond donors (Lipinski definition) is 1. The van der Waals surface area contributed by atoms with Crippen LogP contribution in [-0.4, -0.2) is 12.1 Å². The molecule has 3 nitrogen and oxygen atoms in total. The van der Waals surface area contributed by atoms with Crippen molar-refractivity contribution in [1.82, 2.24) is 4.98 Å². The number of nitrogens with zero attached hydrogens (tertiary/aromatic N) is 1.